The molecule has 0 aromatic carbocycles. The fourth-order valence-electron chi connectivity index (χ4n) is 1.46. The highest BCUT2D eigenvalue weighted by molar-refractivity contribution is 4.74. The van der Waals surface area contributed by atoms with Crippen LogP contribution in [0.15, 0.2) is 0 Å². The molecule has 2 heteroatoms. The Labute approximate surface area is 76.9 Å². The van der Waals surface area contributed by atoms with E-state index < -0.39 is 0 Å². The van der Waals surface area contributed by atoms with E-state index >= 15 is 0 Å². The Morgan fingerprint density at radius 3 is 2.42 bits per heavy atom. The van der Waals surface area contributed by atoms with Gasteiger partial charge in [-0.25, -0.2) is 0 Å². The molecular formula is C10H23NO. The van der Waals surface area contributed by atoms with E-state index in [-0.39, 0.29) is 0 Å². The van der Waals surface area contributed by atoms with Gasteiger partial charge in [-0.1, -0.05) is 20.8 Å². The summed E-state index contributed by atoms with van der Waals surface area (Å²) in [5, 5.41) is 0. The minimum Gasteiger partial charge on any atom is -0.377 e. The molecule has 1 saturated heterocycles. The minimum atomic E-state index is 0.518. The van der Waals surface area contributed by atoms with Crippen LogP contribution in [0, 0.1) is 0 Å². The number of likely N-dealkylation sites (tertiary alicyclic amines) is 1. The van der Waals surface area contributed by atoms with E-state index in [1.807, 2.05) is 13.8 Å². The molecule has 1 heterocycles. The van der Waals surface area contributed by atoms with Crippen LogP contribution in [0.2, 0.25) is 0 Å². The molecule has 0 aromatic heterocycles. The molecule has 74 valence electrons. The molecule has 0 aromatic rings. The van der Waals surface area contributed by atoms with Gasteiger partial charge in [0.15, 0.2) is 0 Å². The Bertz CT molecular complexity index is 95.8. The first-order valence-electron chi connectivity index (χ1n) is 5.20. The van der Waals surface area contributed by atoms with Crippen molar-refractivity contribution in [2.45, 2.75) is 40.2 Å². The summed E-state index contributed by atoms with van der Waals surface area (Å²) in [6, 6.07) is 0. The summed E-state index contributed by atoms with van der Waals surface area (Å²) in [5.41, 5.74) is 0. The quantitative estimate of drug-likeness (QED) is 0.648. The second-order valence-electron chi connectivity index (χ2n) is 2.76. The molecule has 0 amide bonds. The average Bonchev–Trinajstić information content (AvgIpc) is 2.57. The smallest absolute Gasteiger partial charge is 0.0714 e. The van der Waals surface area contributed by atoms with Crippen molar-refractivity contribution in [3.63, 3.8) is 0 Å². The molecule has 1 aliphatic heterocycles. The monoisotopic (exact) mass is 173 g/mol. The standard InChI is InChI=1S/C8H17NO.C2H6/c1-3-9-6-5-8(7-9)10-4-2;1-2/h8H,3-7H2,1-2H3;1-2H3. The maximum Gasteiger partial charge on any atom is 0.0714 e. The Morgan fingerprint density at radius 1 is 1.33 bits per heavy atom. The van der Waals surface area contributed by atoms with E-state index in [0.29, 0.717) is 6.10 Å². The molecule has 0 saturated carbocycles. The van der Waals surface area contributed by atoms with Crippen molar-refractivity contribution in [3.8, 4) is 0 Å². The highest BCUT2D eigenvalue weighted by Gasteiger charge is 2.20. The summed E-state index contributed by atoms with van der Waals surface area (Å²) in [7, 11) is 0. The minimum absolute atomic E-state index is 0.518. The van der Waals surface area contributed by atoms with Gasteiger partial charge in [-0.2, -0.15) is 0 Å². The number of rotatable bonds is 3. The Balaban J connectivity index is 0.000000561. The first-order chi connectivity index (χ1) is 5.86. The van der Waals surface area contributed by atoms with Crippen molar-refractivity contribution in [3.05, 3.63) is 0 Å². The van der Waals surface area contributed by atoms with Crippen LogP contribution in [0.3, 0.4) is 0 Å². The molecule has 12 heavy (non-hydrogen) atoms. The van der Waals surface area contributed by atoms with Gasteiger partial charge in [-0.05, 0) is 19.9 Å². The van der Waals surface area contributed by atoms with Gasteiger partial charge < -0.3 is 9.64 Å². The van der Waals surface area contributed by atoms with Crippen molar-refractivity contribution in [1.82, 2.24) is 4.90 Å². The van der Waals surface area contributed by atoms with E-state index in [1.54, 1.807) is 0 Å². The van der Waals surface area contributed by atoms with Gasteiger partial charge in [0.05, 0.1) is 6.10 Å². The van der Waals surface area contributed by atoms with Gasteiger partial charge in [-0.15, -0.1) is 0 Å². The fraction of sp³-hybridized carbons (Fsp3) is 1.00. The predicted molar refractivity (Wildman–Crippen MR) is 53.5 cm³/mol. The van der Waals surface area contributed by atoms with Gasteiger partial charge in [-0.3, -0.25) is 0 Å². The van der Waals surface area contributed by atoms with Crippen molar-refractivity contribution in [1.29, 1.82) is 0 Å². The first kappa shape index (κ1) is 11.9. The van der Waals surface area contributed by atoms with Gasteiger partial charge >= 0.3 is 0 Å². The first-order valence-corrected chi connectivity index (χ1v) is 5.20. The SMILES string of the molecule is CC.CCOC1CCN(CC)C1. The van der Waals surface area contributed by atoms with Gasteiger partial charge in [0.1, 0.15) is 0 Å². The Morgan fingerprint density at radius 2 is 2.00 bits per heavy atom. The van der Waals surface area contributed by atoms with E-state index in [1.165, 1.54) is 19.5 Å². The third-order valence-electron chi connectivity index (χ3n) is 2.08. The lowest BCUT2D eigenvalue weighted by molar-refractivity contribution is 0.0694. The van der Waals surface area contributed by atoms with Gasteiger partial charge in [0, 0.05) is 19.7 Å². The maximum absolute atomic E-state index is 5.49. The Kier molecular flexibility index (Phi) is 7.51. The summed E-state index contributed by atoms with van der Waals surface area (Å²) in [5.74, 6) is 0. The molecule has 0 aliphatic carbocycles. The average molecular weight is 173 g/mol. The second-order valence-corrected chi connectivity index (χ2v) is 2.76. The Hall–Kier alpha value is -0.0800. The fourth-order valence-corrected chi connectivity index (χ4v) is 1.46. The van der Waals surface area contributed by atoms with Crippen LogP contribution in [0.4, 0.5) is 0 Å². The maximum atomic E-state index is 5.49. The molecule has 0 bridgehead atoms. The summed E-state index contributed by atoms with van der Waals surface area (Å²) in [6.07, 6.45) is 1.74. The van der Waals surface area contributed by atoms with E-state index in [2.05, 4.69) is 18.7 Å². The molecule has 1 fully saturated rings. The topological polar surface area (TPSA) is 12.5 Å². The van der Waals surface area contributed by atoms with Crippen LogP contribution in [0.25, 0.3) is 0 Å². The molecule has 0 spiro atoms. The van der Waals surface area contributed by atoms with Crippen LogP contribution in [0.1, 0.15) is 34.1 Å². The van der Waals surface area contributed by atoms with Gasteiger partial charge in [0.2, 0.25) is 0 Å². The number of hydrogen-bond donors (Lipinski definition) is 0. The van der Waals surface area contributed by atoms with Crippen LogP contribution in [-0.2, 0) is 4.74 Å². The molecular weight excluding hydrogens is 150 g/mol. The summed E-state index contributed by atoms with van der Waals surface area (Å²) in [4.78, 5) is 2.43. The van der Waals surface area contributed by atoms with Crippen molar-refractivity contribution in [2.75, 3.05) is 26.2 Å². The number of likely N-dealkylation sites (N-methyl/N-ethyl adjacent to an activating group) is 1. The summed E-state index contributed by atoms with van der Waals surface area (Å²) >= 11 is 0. The highest BCUT2D eigenvalue weighted by Crippen LogP contribution is 2.11. The van der Waals surface area contributed by atoms with Gasteiger partial charge in [0.25, 0.3) is 0 Å². The molecule has 1 atom stereocenters. The van der Waals surface area contributed by atoms with E-state index in [9.17, 15) is 0 Å². The lowest BCUT2D eigenvalue weighted by Crippen LogP contribution is -2.22. The molecule has 2 nitrogen and oxygen atoms in total. The lowest BCUT2D eigenvalue weighted by atomic mass is 10.3. The molecule has 0 N–H and O–H groups in total. The zero-order chi connectivity index (χ0) is 9.40. The van der Waals surface area contributed by atoms with E-state index in [0.717, 1.165) is 13.2 Å². The highest BCUT2D eigenvalue weighted by atomic mass is 16.5. The van der Waals surface area contributed by atoms with E-state index in [4.69, 9.17) is 4.74 Å². The number of ether oxygens (including phenoxy) is 1. The predicted octanol–water partition coefficient (Wildman–Crippen LogP) is 2.14. The lowest BCUT2D eigenvalue weighted by Gasteiger charge is -2.12. The van der Waals surface area contributed by atoms with Crippen LogP contribution < -0.4 is 0 Å². The molecule has 1 aliphatic rings. The molecule has 1 unspecified atom stereocenters. The van der Waals surface area contributed by atoms with Crippen LogP contribution in [0.5, 0.6) is 0 Å². The third kappa shape index (κ3) is 4.07. The van der Waals surface area contributed by atoms with Crippen LogP contribution in [-0.4, -0.2) is 37.2 Å². The normalized spacial score (nSPS) is 23.5. The third-order valence-corrected chi connectivity index (χ3v) is 2.08. The summed E-state index contributed by atoms with van der Waals surface area (Å²) < 4.78 is 5.49. The largest absolute Gasteiger partial charge is 0.377 e. The number of hydrogen-bond acceptors (Lipinski definition) is 2. The molecule has 0 radical (unpaired) electrons. The van der Waals surface area contributed by atoms with Crippen molar-refractivity contribution < 1.29 is 4.74 Å². The molecule has 1 rings (SSSR count). The van der Waals surface area contributed by atoms with Crippen molar-refractivity contribution in [2.24, 2.45) is 0 Å². The van der Waals surface area contributed by atoms with Crippen LogP contribution >= 0.6 is 0 Å². The van der Waals surface area contributed by atoms with Crippen molar-refractivity contribution >= 4 is 0 Å². The zero-order valence-electron chi connectivity index (χ0n) is 8.97. The number of nitrogens with zero attached hydrogens (tertiary/aromatic N) is 1. The summed E-state index contributed by atoms with van der Waals surface area (Å²) in [6.45, 7) is 12.7. The zero-order valence-corrected chi connectivity index (χ0v) is 8.97. The second kappa shape index (κ2) is 7.56.